The number of fused-ring (bicyclic) bond motifs is 4. The molecule has 8 rings (SSSR count). The average Bonchev–Trinajstić information content (AvgIpc) is 3.58. The van der Waals surface area contributed by atoms with E-state index in [1.54, 1.807) is 48.5 Å². The molecule has 0 spiro atoms. The van der Waals surface area contributed by atoms with Gasteiger partial charge in [-0.25, -0.2) is 4.98 Å². The topological polar surface area (TPSA) is 132 Å². The highest BCUT2D eigenvalue weighted by Crippen LogP contribution is 2.65. The highest BCUT2D eigenvalue weighted by molar-refractivity contribution is 9.13. The van der Waals surface area contributed by atoms with Crippen LogP contribution in [0.2, 0.25) is 5.02 Å². The third kappa shape index (κ3) is 5.92. The molecule has 3 fully saturated rings. The Hall–Kier alpha value is -4.93. The van der Waals surface area contributed by atoms with Gasteiger partial charge in [-0.1, -0.05) is 71.3 Å². The smallest absolute Gasteiger partial charge is 0.433 e. The number of allylic oxidation sites excluding steroid dienone is 2. The Morgan fingerprint density at radius 3 is 2.31 bits per heavy atom. The summed E-state index contributed by atoms with van der Waals surface area (Å²) in [6, 6.07) is 19.3. The molecule has 4 aromatic rings. The number of rotatable bonds is 7. The van der Waals surface area contributed by atoms with Crippen molar-refractivity contribution in [3.05, 3.63) is 121 Å². The third-order valence-corrected chi connectivity index (χ3v) is 14.3. The van der Waals surface area contributed by atoms with Crippen molar-refractivity contribution in [3.63, 3.8) is 0 Å². The van der Waals surface area contributed by atoms with Gasteiger partial charge in [-0.05, 0) is 99.0 Å². The molecule has 0 unspecified atom stereocenters. The summed E-state index contributed by atoms with van der Waals surface area (Å²) < 4.78 is 47.4. The number of alkyl halides is 3. The number of methoxy groups -OCH3 is 1. The molecule has 11 nitrogen and oxygen atoms in total. The number of benzene rings is 3. The number of phenols is 1. The molecule has 4 amide bonds. The molecule has 4 aliphatic rings. The maximum absolute atomic E-state index is 15.5. The van der Waals surface area contributed by atoms with Crippen LogP contribution in [0.4, 0.5) is 24.7 Å². The van der Waals surface area contributed by atoms with Gasteiger partial charge in [0.25, 0.3) is 23.6 Å². The predicted octanol–water partition coefficient (Wildman–Crippen LogP) is 8.34. The number of nitrogens with one attached hydrogen (secondary N) is 1. The summed E-state index contributed by atoms with van der Waals surface area (Å²) in [4.78, 5) is 63.1. The fourth-order valence-corrected chi connectivity index (χ4v) is 10.4. The van der Waals surface area contributed by atoms with Gasteiger partial charge in [0.15, 0.2) is 17.3 Å². The van der Waals surface area contributed by atoms with Crippen molar-refractivity contribution >= 4 is 78.6 Å². The van der Waals surface area contributed by atoms with Crippen LogP contribution in [0.1, 0.15) is 41.1 Å². The summed E-state index contributed by atoms with van der Waals surface area (Å²) >= 11 is 13.5. The number of phenolic OH excluding ortho intramolecular Hbond substituents is 1. The van der Waals surface area contributed by atoms with E-state index in [9.17, 15) is 32.7 Å². The number of amides is 4. The molecule has 58 heavy (non-hydrogen) atoms. The van der Waals surface area contributed by atoms with Crippen molar-refractivity contribution in [2.24, 2.45) is 23.7 Å². The standard InChI is InChI=1S/C41H33Br2ClF3N5O6/c1-19-9-11-21(12-10-19)49-51-37(55)26-17-24-22(13-14-23-30(24)38(56)52(36(23)54)50(2)35-27(44)15-16-29(48-35)41(45,46)47)31(25-18-28(58-3)34(53)33(43)32(25)42)40(26,39(51)57)20-7-5-4-6-8-20/h4-13,15-16,18,23-24,26,30-31,49,53H,14,17H2,1-3H3/t23-,24+,26-,30-,31+,40+/m0/s1. The van der Waals surface area contributed by atoms with E-state index in [0.717, 1.165) is 26.7 Å². The first-order valence-electron chi connectivity index (χ1n) is 18.1. The zero-order valence-electron chi connectivity index (χ0n) is 30.9. The minimum atomic E-state index is -4.83. The van der Waals surface area contributed by atoms with Gasteiger partial charge in [-0.15, -0.1) is 0 Å². The Morgan fingerprint density at radius 1 is 0.966 bits per heavy atom. The molecule has 300 valence electrons. The maximum Gasteiger partial charge on any atom is 0.433 e. The quantitative estimate of drug-likeness (QED) is 0.139. The lowest BCUT2D eigenvalue weighted by Crippen LogP contribution is -2.53. The molecule has 6 atom stereocenters. The highest BCUT2D eigenvalue weighted by Gasteiger charge is 2.71. The van der Waals surface area contributed by atoms with Gasteiger partial charge in [-0.2, -0.15) is 23.2 Å². The molecule has 2 aliphatic heterocycles. The summed E-state index contributed by atoms with van der Waals surface area (Å²) in [7, 11) is 2.62. The molecule has 17 heteroatoms. The SMILES string of the molecule is COc1cc([C@H]2C3=CC[C@@H]4C(=O)N(N(C)c5nc(C(F)(F)F)ccc5Cl)C(=O)[C@@H]4[C@@H]3C[C@H]3C(=O)N(Nc4ccc(C)cc4)C(=O)[C@@]23c2ccccc2)c(Br)c(Br)c1O. The van der Waals surface area contributed by atoms with Crippen LogP contribution in [0.5, 0.6) is 11.5 Å². The number of halogens is 6. The lowest BCUT2D eigenvalue weighted by Gasteiger charge is -2.51. The molecule has 2 N–H and O–H groups in total. The second-order valence-corrected chi connectivity index (χ2v) is 16.7. The van der Waals surface area contributed by atoms with E-state index in [0.29, 0.717) is 32.9 Å². The van der Waals surface area contributed by atoms with E-state index in [1.165, 1.54) is 14.2 Å². The van der Waals surface area contributed by atoms with Crippen LogP contribution in [0, 0.1) is 30.6 Å². The number of hydrogen-bond acceptors (Lipinski definition) is 9. The number of aromatic nitrogens is 1. The molecule has 1 saturated carbocycles. The van der Waals surface area contributed by atoms with E-state index in [-0.39, 0.29) is 33.8 Å². The first kappa shape index (κ1) is 39.9. The Labute approximate surface area is 352 Å². The number of hydrogen-bond donors (Lipinski definition) is 2. The van der Waals surface area contributed by atoms with E-state index in [2.05, 4.69) is 42.3 Å². The minimum absolute atomic E-state index is 0.0304. The van der Waals surface area contributed by atoms with Crippen LogP contribution in [-0.2, 0) is 30.8 Å². The molecule has 3 aromatic carbocycles. The van der Waals surface area contributed by atoms with E-state index in [4.69, 9.17) is 16.3 Å². The van der Waals surface area contributed by atoms with Crippen molar-refractivity contribution in [3.8, 4) is 11.5 Å². The van der Waals surface area contributed by atoms with E-state index >= 15 is 4.79 Å². The average molecular weight is 944 g/mol. The Bertz CT molecular complexity index is 2440. The molecule has 0 radical (unpaired) electrons. The third-order valence-electron chi connectivity index (χ3n) is 11.8. The monoisotopic (exact) mass is 941 g/mol. The predicted molar refractivity (Wildman–Crippen MR) is 213 cm³/mol. The minimum Gasteiger partial charge on any atom is -0.503 e. The number of anilines is 2. The van der Waals surface area contributed by atoms with Gasteiger partial charge in [0.1, 0.15) is 5.69 Å². The maximum atomic E-state index is 15.5. The summed E-state index contributed by atoms with van der Waals surface area (Å²) in [6.07, 6.45) is -3.01. The van der Waals surface area contributed by atoms with Crippen LogP contribution in [0.15, 0.2) is 93.4 Å². The largest absolute Gasteiger partial charge is 0.503 e. The Morgan fingerprint density at radius 2 is 1.66 bits per heavy atom. The molecule has 1 aromatic heterocycles. The molecular formula is C41H33Br2ClF3N5O6. The normalized spacial score (nSPS) is 25.3. The number of ether oxygens (including phenoxy) is 1. The van der Waals surface area contributed by atoms with Crippen molar-refractivity contribution in [1.82, 2.24) is 15.0 Å². The summed E-state index contributed by atoms with van der Waals surface area (Å²) in [5.41, 5.74) is 3.17. The lowest BCUT2D eigenvalue weighted by atomic mass is 9.49. The van der Waals surface area contributed by atoms with E-state index in [1.807, 2.05) is 25.1 Å². The molecule has 0 bridgehead atoms. The second kappa shape index (κ2) is 14.4. The van der Waals surface area contributed by atoms with Crippen LogP contribution in [0.25, 0.3) is 0 Å². The fraction of sp³-hybridized carbons (Fsp3) is 0.293. The van der Waals surface area contributed by atoms with Gasteiger partial charge in [0.2, 0.25) is 0 Å². The number of nitrogens with zero attached hydrogens (tertiary/aromatic N) is 4. The number of carbonyl (C=O) groups is 4. The number of aryl methyl sites for hydroxylation is 1. The number of carbonyl (C=O) groups excluding carboxylic acids is 4. The van der Waals surface area contributed by atoms with Gasteiger partial charge in [0, 0.05) is 17.4 Å². The zero-order valence-corrected chi connectivity index (χ0v) is 34.8. The number of hydrazine groups is 2. The summed E-state index contributed by atoms with van der Waals surface area (Å²) in [5, 5.41) is 13.6. The van der Waals surface area contributed by atoms with Crippen LogP contribution < -0.4 is 15.2 Å². The molecule has 2 saturated heterocycles. The molecular weight excluding hydrogens is 911 g/mol. The van der Waals surface area contributed by atoms with Crippen molar-refractivity contribution in [2.45, 2.75) is 37.3 Å². The van der Waals surface area contributed by atoms with Crippen molar-refractivity contribution in [1.29, 1.82) is 0 Å². The van der Waals surface area contributed by atoms with Gasteiger partial charge < -0.3 is 9.84 Å². The first-order chi connectivity index (χ1) is 27.5. The molecule has 3 heterocycles. The van der Waals surface area contributed by atoms with Crippen molar-refractivity contribution in [2.75, 3.05) is 24.6 Å². The second-order valence-electron chi connectivity index (χ2n) is 14.7. The van der Waals surface area contributed by atoms with Crippen LogP contribution in [0.3, 0.4) is 0 Å². The lowest BCUT2D eigenvalue weighted by molar-refractivity contribution is -0.142. The Balaban J connectivity index is 1.31. The first-order valence-corrected chi connectivity index (χ1v) is 20.1. The molecule has 2 aliphatic carbocycles. The number of aromatic hydroxyl groups is 1. The Kier molecular flexibility index (Phi) is 9.91. The number of imide groups is 2. The van der Waals surface area contributed by atoms with E-state index < -0.39 is 76.3 Å². The van der Waals surface area contributed by atoms with Gasteiger partial charge in [-0.3, -0.25) is 29.6 Å². The fourth-order valence-electron chi connectivity index (χ4n) is 9.26. The summed E-state index contributed by atoms with van der Waals surface area (Å²) in [5.74, 6) is -8.07. The van der Waals surface area contributed by atoms with Gasteiger partial charge in [0.05, 0.1) is 45.5 Å². The van der Waals surface area contributed by atoms with Gasteiger partial charge >= 0.3 is 6.18 Å². The van der Waals surface area contributed by atoms with Crippen molar-refractivity contribution < 1.29 is 42.2 Å². The van der Waals surface area contributed by atoms with Crippen LogP contribution >= 0.6 is 43.5 Å². The number of pyridine rings is 1. The van der Waals surface area contributed by atoms with Crippen LogP contribution in [-0.4, -0.2) is 57.9 Å². The highest BCUT2D eigenvalue weighted by atomic mass is 79.9. The summed E-state index contributed by atoms with van der Waals surface area (Å²) in [6.45, 7) is 1.91. The zero-order chi connectivity index (χ0) is 41.6.